The molecule has 0 bridgehead atoms. The third kappa shape index (κ3) is 2.54. The molecule has 5 heteroatoms. The molecule has 0 fully saturated rings. The van der Waals surface area contributed by atoms with Crippen molar-refractivity contribution < 1.29 is 4.39 Å². The normalized spacial score (nSPS) is 12.7. The van der Waals surface area contributed by atoms with E-state index in [9.17, 15) is 4.39 Å². The SMILES string of the molecule is CCCn1nccc1C(N)c1ccc(Cl)c(F)c1. The van der Waals surface area contributed by atoms with Crippen LogP contribution in [0.15, 0.2) is 30.5 Å². The highest BCUT2D eigenvalue weighted by molar-refractivity contribution is 6.30. The maximum Gasteiger partial charge on any atom is 0.142 e. The second-order valence-electron chi connectivity index (χ2n) is 4.13. The fraction of sp³-hybridized carbons (Fsp3) is 0.308. The van der Waals surface area contributed by atoms with Gasteiger partial charge in [-0.3, -0.25) is 4.68 Å². The molecule has 0 aliphatic carbocycles. The summed E-state index contributed by atoms with van der Waals surface area (Å²) >= 11 is 5.66. The minimum absolute atomic E-state index is 0.105. The summed E-state index contributed by atoms with van der Waals surface area (Å²) < 4.78 is 15.3. The van der Waals surface area contributed by atoms with Crippen molar-refractivity contribution in [3.8, 4) is 0 Å². The molecule has 0 aliphatic rings. The molecule has 0 aliphatic heterocycles. The number of hydrogen-bond donors (Lipinski definition) is 1. The van der Waals surface area contributed by atoms with Gasteiger partial charge in [-0.2, -0.15) is 5.10 Å². The van der Waals surface area contributed by atoms with Crippen molar-refractivity contribution in [2.75, 3.05) is 0 Å². The van der Waals surface area contributed by atoms with E-state index in [1.807, 2.05) is 10.7 Å². The van der Waals surface area contributed by atoms with E-state index in [1.165, 1.54) is 12.1 Å². The lowest BCUT2D eigenvalue weighted by molar-refractivity contribution is 0.558. The molecule has 1 heterocycles. The summed E-state index contributed by atoms with van der Waals surface area (Å²) in [6, 6.07) is 6.08. The van der Waals surface area contributed by atoms with Gasteiger partial charge in [0.1, 0.15) is 5.82 Å². The maximum absolute atomic E-state index is 13.4. The summed E-state index contributed by atoms with van der Waals surface area (Å²) in [5, 5.41) is 4.31. The average molecular weight is 268 g/mol. The van der Waals surface area contributed by atoms with Gasteiger partial charge in [0.25, 0.3) is 0 Å². The van der Waals surface area contributed by atoms with Crippen molar-refractivity contribution in [2.45, 2.75) is 25.9 Å². The summed E-state index contributed by atoms with van der Waals surface area (Å²) in [5.41, 5.74) is 7.70. The van der Waals surface area contributed by atoms with Gasteiger partial charge in [-0.15, -0.1) is 0 Å². The topological polar surface area (TPSA) is 43.8 Å². The molecule has 1 atom stereocenters. The molecule has 18 heavy (non-hydrogen) atoms. The predicted molar refractivity (Wildman–Crippen MR) is 70.0 cm³/mol. The van der Waals surface area contributed by atoms with Crippen molar-refractivity contribution in [3.63, 3.8) is 0 Å². The van der Waals surface area contributed by atoms with Crippen molar-refractivity contribution in [1.82, 2.24) is 9.78 Å². The molecule has 2 N–H and O–H groups in total. The van der Waals surface area contributed by atoms with Crippen LogP contribution in [-0.2, 0) is 6.54 Å². The third-order valence-corrected chi connectivity index (χ3v) is 3.11. The number of hydrogen-bond acceptors (Lipinski definition) is 2. The molecule has 0 saturated heterocycles. The minimum atomic E-state index is -0.453. The summed E-state index contributed by atoms with van der Waals surface area (Å²) in [4.78, 5) is 0. The van der Waals surface area contributed by atoms with Crippen LogP contribution >= 0.6 is 11.6 Å². The molecule has 2 rings (SSSR count). The summed E-state index contributed by atoms with van der Waals surface area (Å²) in [7, 11) is 0. The molecule has 1 aromatic carbocycles. The molecular formula is C13H15ClFN3. The standard InChI is InChI=1S/C13H15ClFN3/c1-2-7-18-12(5-6-17-18)13(16)9-3-4-10(14)11(15)8-9/h3-6,8,13H,2,7,16H2,1H3. The molecular weight excluding hydrogens is 253 g/mol. The van der Waals surface area contributed by atoms with Crippen LogP contribution in [0.25, 0.3) is 0 Å². The molecule has 0 spiro atoms. The highest BCUT2D eigenvalue weighted by Gasteiger charge is 2.15. The van der Waals surface area contributed by atoms with Crippen LogP contribution in [-0.4, -0.2) is 9.78 Å². The van der Waals surface area contributed by atoms with Gasteiger partial charge in [0.2, 0.25) is 0 Å². The second-order valence-corrected chi connectivity index (χ2v) is 4.54. The Kier molecular flexibility index (Phi) is 3.99. The van der Waals surface area contributed by atoms with E-state index in [0.717, 1.165) is 18.7 Å². The number of aromatic nitrogens is 2. The van der Waals surface area contributed by atoms with Gasteiger partial charge < -0.3 is 5.73 Å². The lowest BCUT2D eigenvalue weighted by Crippen LogP contribution is -2.17. The largest absolute Gasteiger partial charge is 0.319 e. The Bertz CT molecular complexity index is 539. The molecule has 96 valence electrons. The number of aryl methyl sites for hydroxylation is 1. The second kappa shape index (κ2) is 5.50. The van der Waals surface area contributed by atoms with Crippen LogP contribution in [0.5, 0.6) is 0 Å². The van der Waals surface area contributed by atoms with Crippen LogP contribution in [0.1, 0.15) is 30.6 Å². The quantitative estimate of drug-likeness (QED) is 0.925. The summed E-state index contributed by atoms with van der Waals surface area (Å²) in [5.74, 6) is -0.453. The molecule has 1 aromatic heterocycles. The van der Waals surface area contributed by atoms with Crippen LogP contribution < -0.4 is 5.73 Å². The number of benzene rings is 1. The lowest BCUT2D eigenvalue weighted by atomic mass is 10.0. The fourth-order valence-electron chi connectivity index (χ4n) is 1.88. The Labute approximate surface area is 110 Å². The first-order valence-electron chi connectivity index (χ1n) is 5.85. The van der Waals surface area contributed by atoms with E-state index >= 15 is 0 Å². The Morgan fingerprint density at radius 3 is 2.89 bits per heavy atom. The van der Waals surface area contributed by atoms with Crippen molar-refractivity contribution in [1.29, 1.82) is 0 Å². The Hall–Kier alpha value is -1.39. The third-order valence-electron chi connectivity index (χ3n) is 2.81. The average Bonchev–Trinajstić information content (AvgIpc) is 2.80. The molecule has 0 saturated carbocycles. The minimum Gasteiger partial charge on any atom is -0.319 e. The Morgan fingerprint density at radius 1 is 1.44 bits per heavy atom. The molecule has 0 amide bonds. The Balaban J connectivity index is 2.32. The zero-order valence-electron chi connectivity index (χ0n) is 10.1. The lowest BCUT2D eigenvalue weighted by Gasteiger charge is -2.14. The zero-order valence-corrected chi connectivity index (χ0v) is 10.9. The first kappa shape index (κ1) is 13.1. The first-order valence-corrected chi connectivity index (χ1v) is 6.23. The Morgan fingerprint density at radius 2 is 2.22 bits per heavy atom. The number of rotatable bonds is 4. The fourth-order valence-corrected chi connectivity index (χ4v) is 2.00. The van der Waals surface area contributed by atoms with Crippen LogP contribution in [0.2, 0.25) is 5.02 Å². The highest BCUT2D eigenvalue weighted by atomic mass is 35.5. The van der Waals surface area contributed by atoms with Crippen molar-refractivity contribution in [2.24, 2.45) is 5.73 Å². The van der Waals surface area contributed by atoms with E-state index in [2.05, 4.69) is 12.0 Å². The molecule has 2 aromatic rings. The van der Waals surface area contributed by atoms with Gasteiger partial charge in [0.15, 0.2) is 0 Å². The predicted octanol–water partition coefficient (Wildman–Crippen LogP) is 3.13. The van der Waals surface area contributed by atoms with Gasteiger partial charge in [-0.05, 0) is 30.2 Å². The van der Waals surface area contributed by atoms with Crippen molar-refractivity contribution in [3.05, 3.63) is 52.6 Å². The van der Waals surface area contributed by atoms with E-state index < -0.39 is 11.9 Å². The number of nitrogens with two attached hydrogens (primary N) is 1. The smallest absolute Gasteiger partial charge is 0.142 e. The monoisotopic (exact) mass is 267 g/mol. The zero-order chi connectivity index (χ0) is 13.1. The van der Waals surface area contributed by atoms with Gasteiger partial charge >= 0.3 is 0 Å². The number of halogens is 2. The van der Waals surface area contributed by atoms with Gasteiger partial charge in [-0.25, -0.2) is 4.39 Å². The van der Waals surface area contributed by atoms with Crippen molar-refractivity contribution >= 4 is 11.6 Å². The first-order chi connectivity index (χ1) is 8.63. The van der Waals surface area contributed by atoms with Crippen LogP contribution in [0.4, 0.5) is 4.39 Å². The highest BCUT2D eigenvalue weighted by Crippen LogP contribution is 2.23. The van der Waals surface area contributed by atoms with Gasteiger partial charge in [0, 0.05) is 12.7 Å². The van der Waals surface area contributed by atoms with E-state index in [1.54, 1.807) is 12.3 Å². The maximum atomic E-state index is 13.4. The van der Waals surface area contributed by atoms with E-state index in [4.69, 9.17) is 17.3 Å². The van der Waals surface area contributed by atoms with Crippen LogP contribution in [0, 0.1) is 5.82 Å². The van der Waals surface area contributed by atoms with Gasteiger partial charge in [0.05, 0.1) is 16.8 Å². The summed E-state index contributed by atoms with van der Waals surface area (Å²) in [6.07, 6.45) is 2.67. The van der Waals surface area contributed by atoms with Gasteiger partial charge in [-0.1, -0.05) is 24.6 Å². The van der Waals surface area contributed by atoms with E-state index in [0.29, 0.717) is 5.56 Å². The molecule has 1 unspecified atom stereocenters. The summed E-state index contributed by atoms with van der Waals surface area (Å²) in [6.45, 7) is 2.87. The van der Waals surface area contributed by atoms with E-state index in [-0.39, 0.29) is 5.02 Å². The van der Waals surface area contributed by atoms with Crippen LogP contribution in [0.3, 0.4) is 0 Å². The molecule has 3 nitrogen and oxygen atoms in total. The molecule has 0 radical (unpaired) electrons. The number of nitrogens with zero attached hydrogens (tertiary/aromatic N) is 2.